The van der Waals surface area contributed by atoms with E-state index in [1.807, 2.05) is 18.2 Å². The topological polar surface area (TPSA) is 58.1 Å². The second-order valence-electron chi connectivity index (χ2n) is 5.60. The van der Waals surface area contributed by atoms with Gasteiger partial charge in [0.15, 0.2) is 5.82 Å². The lowest BCUT2D eigenvalue weighted by atomic mass is 9.97. The largest absolute Gasteiger partial charge is 0.323 e. The highest BCUT2D eigenvalue weighted by Gasteiger charge is 2.22. The zero-order valence-electron chi connectivity index (χ0n) is 12.4. The number of rotatable bonds is 2. The molecule has 0 spiro atoms. The molecule has 1 aromatic heterocycles. The number of amides is 2. The van der Waals surface area contributed by atoms with Gasteiger partial charge in [0, 0.05) is 24.4 Å². The van der Waals surface area contributed by atoms with Gasteiger partial charge >= 0.3 is 6.03 Å². The molecule has 0 unspecified atom stereocenters. The van der Waals surface area contributed by atoms with E-state index in [0.717, 1.165) is 11.1 Å². The molecule has 0 saturated heterocycles. The smallest absolute Gasteiger partial charge is 0.323 e. The van der Waals surface area contributed by atoms with E-state index in [9.17, 15) is 4.79 Å². The third-order valence-electron chi connectivity index (χ3n) is 3.67. The average Bonchev–Trinajstić information content (AvgIpc) is 2.48. The van der Waals surface area contributed by atoms with Crippen LogP contribution in [0, 0.1) is 0 Å². The summed E-state index contributed by atoms with van der Waals surface area (Å²) in [5.74, 6) is 1.66. The standard InChI is InChI=1S/C16H18N4O/c1-10(2)12-6-4-5-7-13(12)15-17-8-11-9-20(3)16(21)19-14(11)18-15/h4-8,10H,9H2,1-3H3,(H,17,18,19,21). The van der Waals surface area contributed by atoms with Crippen molar-refractivity contribution in [3.05, 3.63) is 41.6 Å². The van der Waals surface area contributed by atoms with Gasteiger partial charge in [0.1, 0.15) is 5.82 Å². The fourth-order valence-corrected chi connectivity index (χ4v) is 2.49. The number of nitrogens with one attached hydrogen (secondary N) is 1. The molecule has 1 aliphatic heterocycles. The highest BCUT2D eigenvalue weighted by molar-refractivity contribution is 5.91. The number of hydrogen-bond donors (Lipinski definition) is 1. The minimum Gasteiger partial charge on any atom is -0.323 e. The highest BCUT2D eigenvalue weighted by atomic mass is 16.2. The van der Waals surface area contributed by atoms with Crippen molar-refractivity contribution in [2.24, 2.45) is 0 Å². The molecule has 0 radical (unpaired) electrons. The van der Waals surface area contributed by atoms with E-state index in [2.05, 4.69) is 35.2 Å². The molecule has 2 heterocycles. The molecule has 3 rings (SSSR count). The third-order valence-corrected chi connectivity index (χ3v) is 3.67. The van der Waals surface area contributed by atoms with Crippen LogP contribution in [0.3, 0.4) is 0 Å². The van der Waals surface area contributed by atoms with Crippen LogP contribution >= 0.6 is 0 Å². The average molecular weight is 282 g/mol. The van der Waals surface area contributed by atoms with Gasteiger partial charge < -0.3 is 4.90 Å². The molecule has 0 atom stereocenters. The SMILES string of the molecule is CC(C)c1ccccc1-c1ncc2c(n1)NC(=O)N(C)C2. The van der Waals surface area contributed by atoms with Crippen LogP contribution < -0.4 is 5.32 Å². The molecule has 1 aliphatic rings. The van der Waals surface area contributed by atoms with Crippen molar-refractivity contribution < 1.29 is 4.79 Å². The predicted octanol–water partition coefficient (Wildman–Crippen LogP) is 3.24. The zero-order valence-corrected chi connectivity index (χ0v) is 12.4. The maximum absolute atomic E-state index is 11.7. The Morgan fingerprint density at radius 1 is 1.29 bits per heavy atom. The Hall–Kier alpha value is -2.43. The number of fused-ring (bicyclic) bond motifs is 1. The number of carbonyl (C=O) groups is 1. The van der Waals surface area contributed by atoms with E-state index in [1.54, 1.807) is 18.1 Å². The summed E-state index contributed by atoms with van der Waals surface area (Å²) < 4.78 is 0. The van der Waals surface area contributed by atoms with Crippen LogP contribution in [0.1, 0.15) is 30.9 Å². The lowest BCUT2D eigenvalue weighted by molar-refractivity contribution is 0.218. The Kier molecular flexibility index (Phi) is 3.33. The number of benzene rings is 1. The summed E-state index contributed by atoms with van der Waals surface area (Å²) in [5.41, 5.74) is 3.16. The summed E-state index contributed by atoms with van der Waals surface area (Å²) in [5, 5.41) is 2.80. The second kappa shape index (κ2) is 5.16. The van der Waals surface area contributed by atoms with Gasteiger partial charge in [-0.15, -0.1) is 0 Å². The molecule has 0 fully saturated rings. The molecule has 2 aromatic rings. The molecular weight excluding hydrogens is 264 g/mol. The van der Waals surface area contributed by atoms with E-state index >= 15 is 0 Å². The van der Waals surface area contributed by atoms with Crippen molar-refractivity contribution in [2.75, 3.05) is 12.4 Å². The van der Waals surface area contributed by atoms with Crippen LogP contribution in [0.2, 0.25) is 0 Å². The fraction of sp³-hybridized carbons (Fsp3) is 0.312. The Morgan fingerprint density at radius 3 is 2.81 bits per heavy atom. The molecule has 0 bridgehead atoms. The van der Waals surface area contributed by atoms with Gasteiger partial charge in [0.05, 0.1) is 6.54 Å². The molecule has 0 aliphatic carbocycles. The number of anilines is 1. The fourth-order valence-electron chi connectivity index (χ4n) is 2.49. The van der Waals surface area contributed by atoms with Gasteiger partial charge in [-0.3, -0.25) is 5.32 Å². The quantitative estimate of drug-likeness (QED) is 0.920. The summed E-state index contributed by atoms with van der Waals surface area (Å²) >= 11 is 0. The first-order valence-electron chi connectivity index (χ1n) is 7.03. The summed E-state index contributed by atoms with van der Waals surface area (Å²) in [4.78, 5) is 22.4. The van der Waals surface area contributed by atoms with Gasteiger partial charge in [-0.25, -0.2) is 14.8 Å². The number of urea groups is 1. The molecule has 108 valence electrons. The summed E-state index contributed by atoms with van der Waals surface area (Å²) in [6.07, 6.45) is 1.80. The van der Waals surface area contributed by atoms with E-state index in [1.165, 1.54) is 5.56 Å². The van der Waals surface area contributed by atoms with Gasteiger partial charge in [0.25, 0.3) is 0 Å². The van der Waals surface area contributed by atoms with Crippen LogP contribution in [-0.4, -0.2) is 27.9 Å². The number of nitrogens with zero attached hydrogens (tertiary/aromatic N) is 3. The van der Waals surface area contributed by atoms with E-state index in [4.69, 9.17) is 0 Å². The predicted molar refractivity (Wildman–Crippen MR) is 82.0 cm³/mol. The molecule has 1 aromatic carbocycles. The van der Waals surface area contributed by atoms with Gasteiger partial charge in [0.2, 0.25) is 0 Å². The van der Waals surface area contributed by atoms with Crippen LogP contribution in [-0.2, 0) is 6.54 Å². The second-order valence-corrected chi connectivity index (χ2v) is 5.60. The van der Waals surface area contributed by atoms with Gasteiger partial charge in [-0.1, -0.05) is 38.1 Å². The molecule has 5 heteroatoms. The van der Waals surface area contributed by atoms with E-state index in [0.29, 0.717) is 24.1 Å². The number of carbonyl (C=O) groups excluding carboxylic acids is 1. The lowest BCUT2D eigenvalue weighted by Gasteiger charge is -2.25. The summed E-state index contributed by atoms with van der Waals surface area (Å²) in [7, 11) is 1.75. The van der Waals surface area contributed by atoms with Crippen molar-refractivity contribution in [1.29, 1.82) is 0 Å². The van der Waals surface area contributed by atoms with Crippen molar-refractivity contribution in [2.45, 2.75) is 26.3 Å². The minimum atomic E-state index is -0.135. The first-order valence-corrected chi connectivity index (χ1v) is 7.03. The Morgan fingerprint density at radius 2 is 2.05 bits per heavy atom. The maximum atomic E-state index is 11.7. The summed E-state index contributed by atoms with van der Waals surface area (Å²) in [6.45, 7) is 4.83. The molecule has 5 nitrogen and oxygen atoms in total. The van der Waals surface area contributed by atoms with Gasteiger partial charge in [-0.05, 0) is 11.5 Å². The molecule has 21 heavy (non-hydrogen) atoms. The van der Waals surface area contributed by atoms with E-state index < -0.39 is 0 Å². The number of hydrogen-bond acceptors (Lipinski definition) is 3. The van der Waals surface area contributed by atoms with Crippen LogP contribution in [0.15, 0.2) is 30.5 Å². The third kappa shape index (κ3) is 2.46. The van der Waals surface area contributed by atoms with Gasteiger partial charge in [-0.2, -0.15) is 0 Å². The Labute approximate surface area is 124 Å². The molecule has 2 amide bonds. The van der Waals surface area contributed by atoms with Crippen molar-refractivity contribution in [3.63, 3.8) is 0 Å². The van der Waals surface area contributed by atoms with Crippen LogP contribution in [0.5, 0.6) is 0 Å². The molecular formula is C16H18N4O. The first kappa shape index (κ1) is 13.5. The summed E-state index contributed by atoms with van der Waals surface area (Å²) in [6, 6.07) is 7.98. The zero-order chi connectivity index (χ0) is 15.0. The Balaban J connectivity index is 2.06. The maximum Gasteiger partial charge on any atom is 0.323 e. The highest BCUT2D eigenvalue weighted by Crippen LogP contribution is 2.29. The van der Waals surface area contributed by atoms with Crippen LogP contribution in [0.25, 0.3) is 11.4 Å². The monoisotopic (exact) mass is 282 g/mol. The van der Waals surface area contributed by atoms with Crippen molar-refractivity contribution in [3.8, 4) is 11.4 Å². The molecule has 1 N–H and O–H groups in total. The van der Waals surface area contributed by atoms with E-state index in [-0.39, 0.29) is 6.03 Å². The van der Waals surface area contributed by atoms with Crippen molar-refractivity contribution >= 4 is 11.8 Å². The lowest BCUT2D eigenvalue weighted by Crippen LogP contribution is -2.36. The first-order chi connectivity index (χ1) is 10.1. The number of aromatic nitrogens is 2. The van der Waals surface area contributed by atoms with Crippen LogP contribution in [0.4, 0.5) is 10.6 Å². The normalized spacial score (nSPS) is 14.1. The van der Waals surface area contributed by atoms with Crippen molar-refractivity contribution in [1.82, 2.24) is 14.9 Å². The minimum absolute atomic E-state index is 0.135. The molecule has 0 saturated carbocycles. The Bertz CT molecular complexity index is 696.